The van der Waals surface area contributed by atoms with Crippen LogP contribution >= 0.6 is 27.8 Å². The summed E-state index contributed by atoms with van der Waals surface area (Å²) in [6.07, 6.45) is 0. The van der Waals surface area contributed by atoms with E-state index >= 15 is 0 Å². The Bertz CT molecular complexity index is 310. The second kappa shape index (κ2) is 37.7. The van der Waals surface area contributed by atoms with Gasteiger partial charge in [-0.25, -0.2) is 0 Å². The van der Waals surface area contributed by atoms with Crippen molar-refractivity contribution >= 4 is 27.8 Å². The largest absolute Gasteiger partial charge is 0.153 e. The summed E-state index contributed by atoms with van der Waals surface area (Å²) in [6, 6.07) is 20.8. The summed E-state index contributed by atoms with van der Waals surface area (Å²) >= 11 is 0. The van der Waals surface area contributed by atoms with Gasteiger partial charge >= 0.3 is 0 Å². The predicted octanol–water partition coefficient (Wildman–Crippen LogP) is 8.17. The van der Waals surface area contributed by atoms with E-state index in [2.05, 4.69) is 66.4 Å². The minimum Gasteiger partial charge on any atom is -0.153 e. The molecule has 0 aliphatic rings. The molecule has 0 aliphatic carbocycles. The van der Waals surface area contributed by atoms with Crippen LogP contribution in [0.2, 0.25) is 0 Å². The molecule has 0 saturated heterocycles. The van der Waals surface area contributed by atoms with E-state index in [0.29, 0.717) is 0 Å². The average molecular weight is 374 g/mol. The Morgan fingerprint density at radius 3 is 0.783 bits per heavy atom. The molecule has 0 spiro atoms. The van der Waals surface area contributed by atoms with Crippen LogP contribution in [0.1, 0.15) is 55.4 Å². The summed E-state index contributed by atoms with van der Waals surface area (Å²) in [5.74, 6) is 0. The van der Waals surface area contributed by atoms with Gasteiger partial charge in [0.15, 0.2) is 0 Å². The molecule has 0 aromatic heterocycles. The van der Waals surface area contributed by atoms with Crippen LogP contribution in [-0.4, -0.2) is 0 Å². The summed E-state index contributed by atoms with van der Waals surface area (Å²) in [4.78, 5) is 0. The van der Waals surface area contributed by atoms with Gasteiger partial charge in [0, 0.05) is 0 Å². The zero-order valence-electron chi connectivity index (χ0n) is 16.6. The van der Waals surface area contributed by atoms with Gasteiger partial charge in [-0.2, -0.15) is 9.90 Å². The van der Waals surface area contributed by atoms with Crippen molar-refractivity contribution in [3.8, 4) is 11.1 Å². The van der Waals surface area contributed by atoms with Crippen LogP contribution in [0.5, 0.6) is 0 Å². The molecule has 3 heteroatoms. The fourth-order valence-corrected chi connectivity index (χ4v) is 1.26. The number of hydrogen-bond donors (Lipinski definition) is 0. The highest BCUT2D eigenvalue weighted by atomic mass is 32.0. The van der Waals surface area contributed by atoms with Crippen molar-refractivity contribution in [3.05, 3.63) is 60.7 Å². The van der Waals surface area contributed by atoms with E-state index in [0.717, 1.165) is 0 Å². The Morgan fingerprint density at radius 2 is 0.609 bits per heavy atom. The number of benzene rings is 2. The lowest BCUT2D eigenvalue weighted by molar-refractivity contribution is 1.50. The van der Waals surface area contributed by atoms with E-state index in [9.17, 15) is 0 Å². The molecular formula is C20H41P3. The molecule has 0 aliphatic heterocycles. The van der Waals surface area contributed by atoms with E-state index in [1.165, 1.54) is 11.1 Å². The van der Waals surface area contributed by atoms with Gasteiger partial charge in [-0.05, 0) is 11.1 Å². The molecular weight excluding hydrogens is 333 g/mol. The second-order valence-corrected chi connectivity index (χ2v) is 2.73. The first-order valence-corrected chi connectivity index (χ1v) is 11.1. The van der Waals surface area contributed by atoms with Gasteiger partial charge in [-0.15, -0.1) is 17.9 Å². The van der Waals surface area contributed by atoms with E-state index in [4.69, 9.17) is 0 Å². The lowest BCUT2D eigenvalue weighted by Gasteiger charge is -1.98. The van der Waals surface area contributed by atoms with Crippen LogP contribution in [0.3, 0.4) is 0 Å². The summed E-state index contributed by atoms with van der Waals surface area (Å²) < 4.78 is 0. The standard InChI is InChI=1S/C12H10.4C2H6.H4P2.H3P/c1-3-7-11(8-4-1)12-9-5-2-6-10-12;5*1-2;/h1-10H;4*1-2H3;1-2H2;1H3. The quantitative estimate of drug-likeness (QED) is 0.442. The summed E-state index contributed by atoms with van der Waals surface area (Å²) in [5, 5.41) is 0. The Kier molecular flexibility index (Phi) is 56.0. The summed E-state index contributed by atoms with van der Waals surface area (Å²) in [7, 11) is 4.67. The first-order chi connectivity index (χ1) is 11.0. The van der Waals surface area contributed by atoms with Crippen LogP contribution in [0, 0.1) is 0 Å². The third-order valence-corrected chi connectivity index (χ3v) is 1.88. The average Bonchev–Trinajstić information content (AvgIpc) is 2.71. The fourth-order valence-electron chi connectivity index (χ4n) is 1.26. The van der Waals surface area contributed by atoms with Crippen LogP contribution in [0.4, 0.5) is 0 Å². The van der Waals surface area contributed by atoms with Crippen molar-refractivity contribution in [2.24, 2.45) is 0 Å². The van der Waals surface area contributed by atoms with Crippen molar-refractivity contribution in [1.82, 2.24) is 0 Å². The van der Waals surface area contributed by atoms with Crippen molar-refractivity contribution in [3.63, 3.8) is 0 Å². The highest BCUT2D eigenvalue weighted by Gasteiger charge is 1.91. The fraction of sp³-hybridized carbons (Fsp3) is 0.400. The summed E-state index contributed by atoms with van der Waals surface area (Å²) in [5.41, 5.74) is 2.55. The molecule has 0 nitrogen and oxygen atoms in total. The van der Waals surface area contributed by atoms with Gasteiger partial charge < -0.3 is 0 Å². The van der Waals surface area contributed by atoms with Gasteiger partial charge in [-0.1, -0.05) is 116 Å². The topological polar surface area (TPSA) is 0 Å². The van der Waals surface area contributed by atoms with Gasteiger partial charge in [0.1, 0.15) is 0 Å². The minimum absolute atomic E-state index is 0. The molecule has 23 heavy (non-hydrogen) atoms. The lowest BCUT2D eigenvalue weighted by atomic mass is 10.1. The molecule has 0 amide bonds. The zero-order chi connectivity index (χ0) is 18.2. The van der Waals surface area contributed by atoms with E-state index in [-0.39, 0.29) is 9.90 Å². The van der Waals surface area contributed by atoms with Crippen molar-refractivity contribution < 1.29 is 0 Å². The number of hydrogen-bond acceptors (Lipinski definition) is 0. The van der Waals surface area contributed by atoms with Crippen LogP contribution in [0.25, 0.3) is 11.1 Å². The first kappa shape index (κ1) is 34.1. The molecule has 3 atom stereocenters. The van der Waals surface area contributed by atoms with Crippen molar-refractivity contribution in [2.45, 2.75) is 55.4 Å². The molecule has 0 saturated carbocycles. The molecule has 0 bridgehead atoms. The van der Waals surface area contributed by atoms with E-state index < -0.39 is 0 Å². The smallest absolute Gasteiger partial charge is 0.0184 e. The molecule has 2 aromatic rings. The third kappa shape index (κ3) is 21.7. The molecule has 0 N–H and O–H groups in total. The molecule has 2 aromatic carbocycles. The van der Waals surface area contributed by atoms with Gasteiger partial charge in [-0.3, -0.25) is 0 Å². The van der Waals surface area contributed by atoms with Gasteiger partial charge in [0.25, 0.3) is 0 Å². The van der Waals surface area contributed by atoms with Gasteiger partial charge in [0.2, 0.25) is 0 Å². The maximum absolute atomic E-state index is 2.33. The lowest BCUT2D eigenvalue weighted by Crippen LogP contribution is -1.73. The predicted molar refractivity (Wildman–Crippen MR) is 128 cm³/mol. The maximum Gasteiger partial charge on any atom is -0.0184 e. The Morgan fingerprint density at radius 1 is 0.435 bits per heavy atom. The van der Waals surface area contributed by atoms with Crippen LogP contribution in [0.15, 0.2) is 60.7 Å². The Labute approximate surface area is 155 Å². The molecule has 0 heterocycles. The van der Waals surface area contributed by atoms with E-state index in [1.807, 2.05) is 67.5 Å². The molecule has 3 unspecified atom stereocenters. The number of rotatable bonds is 1. The van der Waals surface area contributed by atoms with E-state index in [1.54, 1.807) is 0 Å². The first-order valence-electron chi connectivity index (χ1n) is 8.40. The molecule has 0 fully saturated rings. The zero-order valence-corrected chi connectivity index (χ0v) is 20.4. The second-order valence-electron chi connectivity index (χ2n) is 2.73. The molecule has 0 radical (unpaired) electrons. The summed E-state index contributed by atoms with van der Waals surface area (Å²) in [6.45, 7) is 16.0. The van der Waals surface area contributed by atoms with Crippen LogP contribution < -0.4 is 0 Å². The third-order valence-electron chi connectivity index (χ3n) is 1.88. The highest BCUT2D eigenvalue weighted by Crippen LogP contribution is 2.17. The highest BCUT2D eigenvalue weighted by molar-refractivity contribution is 7.92. The SMILES string of the molecule is CC.CC.CC.CC.P.PP.c1ccc(-c2ccccc2)cc1. The van der Waals surface area contributed by atoms with Crippen molar-refractivity contribution in [2.75, 3.05) is 0 Å². The monoisotopic (exact) mass is 374 g/mol. The normalized spacial score (nSPS) is 6.35. The van der Waals surface area contributed by atoms with Crippen molar-refractivity contribution in [1.29, 1.82) is 0 Å². The maximum atomic E-state index is 2.33. The molecule has 2 rings (SSSR count). The Hall–Kier alpha value is -0.270. The van der Waals surface area contributed by atoms with Crippen LogP contribution in [-0.2, 0) is 0 Å². The molecule has 136 valence electrons. The minimum atomic E-state index is 0. The Balaban J connectivity index is -0.0000000852. The van der Waals surface area contributed by atoms with Gasteiger partial charge in [0.05, 0.1) is 0 Å².